The van der Waals surface area contributed by atoms with Crippen LogP contribution in [0, 0.1) is 5.92 Å². The van der Waals surface area contributed by atoms with Gasteiger partial charge < -0.3 is 14.2 Å². The number of carbonyl (C=O) groups excluding carboxylic acids is 1. The largest absolute Gasteiger partial charge is 0.376 e. The molecule has 0 spiro atoms. The van der Waals surface area contributed by atoms with Gasteiger partial charge in [0.25, 0.3) is 0 Å². The summed E-state index contributed by atoms with van der Waals surface area (Å²) < 4.78 is 7.95. The van der Waals surface area contributed by atoms with E-state index in [2.05, 4.69) is 21.7 Å². The molecule has 5 nitrogen and oxygen atoms in total. The van der Waals surface area contributed by atoms with Crippen LogP contribution in [-0.4, -0.2) is 39.6 Å². The molecule has 3 heterocycles. The van der Waals surface area contributed by atoms with Gasteiger partial charge in [-0.1, -0.05) is 30.3 Å². The average Bonchev–Trinajstić information content (AvgIpc) is 3.32. The van der Waals surface area contributed by atoms with E-state index < -0.39 is 0 Å². The fourth-order valence-corrected chi connectivity index (χ4v) is 3.89. The highest BCUT2D eigenvalue weighted by molar-refractivity contribution is 5.79. The number of fused-ring (bicyclic) bond motifs is 1. The minimum absolute atomic E-state index is 0.0278. The maximum absolute atomic E-state index is 13.3. The second-order valence-electron chi connectivity index (χ2n) is 7.07. The van der Waals surface area contributed by atoms with Gasteiger partial charge >= 0.3 is 0 Å². The van der Waals surface area contributed by atoms with Gasteiger partial charge in [-0.3, -0.25) is 4.79 Å². The van der Waals surface area contributed by atoms with Crippen molar-refractivity contribution in [2.24, 2.45) is 5.92 Å². The van der Waals surface area contributed by atoms with Crippen LogP contribution in [-0.2, 0) is 29.0 Å². The molecular formula is C20H25N3O2. The Morgan fingerprint density at radius 2 is 2.16 bits per heavy atom. The van der Waals surface area contributed by atoms with Gasteiger partial charge in [-0.2, -0.15) is 0 Å². The number of ether oxygens (including phenoxy) is 1. The number of amides is 1. The van der Waals surface area contributed by atoms with Crippen LogP contribution in [0.1, 0.15) is 30.7 Å². The van der Waals surface area contributed by atoms with Crippen LogP contribution >= 0.6 is 0 Å². The fourth-order valence-electron chi connectivity index (χ4n) is 3.89. The molecule has 0 bridgehead atoms. The number of nitrogens with zero attached hydrogens (tertiary/aromatic N) is 3. The molecule has 2 aliphatic rings. The zero-order chi connectivity index (χ0) is 17.1. The molecular weight excluding hydrogens is 314 g/mol. The number of rotatable bonds is 5. The maximum Gasteiger partial charge on any atom is 0.226 e. The zero-order valence-corrected chi connectivity index (χ0v) is 14.5. The first kappa shape index (κ1) is 16.3. The Balaban J connectivity index is 1.49. The first-order valence-corrected chi connectivity index (χ1v) is 9.24. The highest BCUT2D eigenvalue weighted by Gasteiger charge is 2.31. The van der Waals surface area contributed by atoms with Crippen molar-refractivity contribution >= 4 is 5.91 Å². The molecule has 2 aliphatic heterocycles. The third kappa shape index (κ3) is 3.76. The quantitative estimate of drug-likeness (QED) is 0.841. The minimum Gasteiger partial charge on any atom is -0.376 e. The summed E-state index contributed by atoms with van der Waals surface area (Å²) in [4.78, 5) is 19.7. The summed E-state index contributed by atoms with van der Waals surface area (Å²) in [6.07, 6.45) is 7.78. The van der Waals surface area contributed by atoms with E-state index in [-0.39, 0.29) is 17.9 Å². The van der Waals surface area contributed by atoms with Gasteiger partial charge in [0.05, 0.1) is 6.10 Å². The average molecular weight is 339 g/mol. The lowest BCUT2D eigenvalue weighted by Gasteiger charge is -2.31. The van der Waals surface area contributed by atoms with Crippen LogP contribution in [0.5, 0.6) is 0 Å². The number of hydrogen-bond acceptors (Lipinski definition) is 3. The Morgan fingerprint density at radius 3 is 2.96 bits per heavy atom. The van der Waals surface area contributed by atoms with Gasteiger partial charge in [-0.05, 0) is 24.8 Å². The van der Waals surface area contributed by atoms with Crippen molar-refractivity contribution in [3.63, 3.8) is 0 Å². The van der Waals surface area contributed by atoms with Gasteiger partial charge in [0.1, 0.15) is 5.82 Å². The van der Waals surface area contributed by atoms with Crippen molar-refractivity contribution in [1.82, 2.24) is 14.5 Å². The van der Waals surface area contributed by atoms with E-state index >= 15 is 0 Å². The van der Waals surface area contributed by atoms with Gasteiger partial charge in [0, 0.05) is 51.0 Å². The van der Waals surface area contributed by atoms with E-state index in [1.807, 2.05) is 35.5 Å². The lowest BCUT2D eigenvalue weighted by atomic mass is 9.95. The van der Waals surface area contributed by atoms with E-state index in [0.717, 1.165) is 44.7 Å². The monoisotopic (exact) mass is 339 g/mol. The van der Waals surface area contributed by atoms with Crippen molar-refractivity contribution in [1.29, 1.82) is 0 Å². The van der Waals surface area contributed by atoms with Crippen LogP contribution in [0.2, 0.25) is 0 Å². The lowest BCUT2D eigenvalue weighted by Crippen LogP contribution is -2.42. The van der Waals surface area contributed by atoms with Crippen molar-refractivity contribution < 1.29 is 9.53 Å². The van der Waals surface area contributed by atoms with Gasteiger partial charge in [0.2, 0.25) is 5.91 Å². The fraction of sp³-hybridized carbons (Fsp3) is 0.500. The predicted octanol–water partition coefficient (Wildman–Crippen LogP) is 2.65. The Kier molecular flexibility index (Phi) is 4.83. The molecule has 5 heteroatoms. The molecule has 0 N–H and O–H groups in total. The van der Waals surface area contributed by atoms with Crippen LogP contribution in [0.3, 0.4) is 0 Å². The smallest absolute Gasteiger partial charge is 0.226 e. The number of aryl methyl sites for hydroxylation is 1. The lowest BCUT2D eigenvalue weighted by molar-refractivity contribution is -0.138. The summed E-state index contributed by atoms with van der Waals surface area (Å²) in [5.41, 5.74) is 1.17. The summed E-state index contributed by atoms with van der Waals surface area (Å²) in [6.45, 7) is 3.05. The number of imidazole rings is 1. The zero-order valence-electron chi connectivity index (χ0n) is 14.5. The molecule has 1 aromatic heterocycles. The van der Waals surface area contributed by atoms with E-state index in [4.69, 9.17) is 4.74 Å². The third-order valence-corrected chi connectivity index (χ3v) is 5.27. The molecule has 2 unspecified atom stereocenters. The Morgan fingerprint density at radius 1 is 1.28 bits per heavy atom. The molecule has 0 aliphatic carbocycles. The van der Waals surface area contributed by atoms with Crippen molar-refractivity contribution in [3.8, 4) is 0 Å². The normalized spacial score (nSPS) is 22.6. The summed E-state index contributed by atoms with van der Waals surface area (Å²) in [5, 5.41) is 0. The summed E-state index contributed by atoms with van der Waals surface area (Å²) >= 11 is 0. The number of hydrogen-bond donors (Lipinski definition) is 0. The van der Waals surface area contributed by atoms with Crippen molar-refractivity contribution in [2.45, 2.75) is 44.9 Å². The first-order valence-electron chi connectivity index (χ1n) is 9.24. The number of benzene rings is 1. The number of carbonyl (C=O) groups is 1. The SMILES string of the molecule is O=C(C1CCn2ccnc2C1)N(Cc1ccccc1)CC1CCCO1. The first-order chi connectivity index (χ1) is 12.3. The Bertz CT molecular complexity index is 707. The molecule has 132 valence electrons. The molecule has 0 radical (unpaired) electrons. The van der Waals surface area contributed by atoms with E-state index in [1.54, 1.807) is 0 Å². The second kappa shape index (κ2) is 7.40. The molecule has 1 fully saturated rings. The summed E-state index contributed by atoms with van der Waals surface area (Å²) in [7, 11) is 0. The highest BCUT2D eigenvalue weighted by Crippen LogP contribution is 2.23. The van der Waals surface area contributed by atoms with Crippen LogP contribution < -0.4 is 0 Å². The van der Waals surface area contributed by atoms with E-state index in [9.17, 15) is 4.79 Å². The molecule has 2 atom stereocenters. The van der Waals surface area contributed by atoms with E-state index in [0.29, 0.717) is 13.1 Å². The topological polar surface area (TPSA) is 47.4 Å². The molecule has 1 aromatic carbocycles. The van der Waals surface area contributed by atoms with Gasteiger partial charge in [0.15, 0.2) is 0 Å². The van der Waals surface area contributed by atoms with Crippen molar-refractivity contribution in [3.05, 3.63) is 54.1 Å². The molecule has 25 heavy (non-hydrogen) atoms. The number of aromatic nitrogens is 2. The van der Waals surface area contributed by atoms with Crippen LogP contribution in [0.15, 0.2) is 42.7 Å². The molecule has 0 saturated carbocycles. The highest BCUT2D eigenvalue weighted by atomic mass is 16.5. The maximum atomic E-state index is 13.3. The summed E-state index contributed by atoms with van der Waals surface area (Å²) in [6, 6.07) is 10.2. The third-order valence-electron chi connectivity index (χ3n) is 5.27. The molecule has 1 saturated heterocycles. The van der Waals surface area contributed by atoms with E-state index in [1.165, 1.54) is 5.56 Å². The second-order valence-corrected chi connectivity index (χ2v) is 7.07. The summed E-state index contributed by atoms with van der Waals surface area (Å²) in [5.74, 6) is 1.30. The molecule has 2 aromatic rings. The van der Waals surface area contributed by atoms with Crippen LogP contribution in [0.25, 0.3) is 0 Å². The van der Waals surface area contributed by atoms with Gasteiger partial charge in [-0.15, -0.1) is 0 Å². The predicted molar refractivity (Wildman–Crippen MR) is 94.9 cm³/mol. The Hall–Kier alpha value is -2.14. The van der Waals surface area contributed by atoms with Crippen LogP contribution in [0.4, 0.5) is 0 Å². The standard InChI is InChI=1S/C20H25N3O2/c24-20(17-8-10-22-11-9-21-19(22)13-17)23(15-18-7-4-12-25-18)14-16-5-2-1-3-6-16/h1-3,5-6,9,11,17-18H,4,7-8,10,12-15H2. The molecule has 1 amide bonds. The van der Waals surface area contributed by atoms with Gasteiger partial charge in [-0.25, -0.2) is 4.98 Å². The Labute approximate surface area is 148 Å². The molecule has 4 rings (SSSR count). The minimum atomic E-state index is 0.0278. The van der Waals surface area contributed by atoms with Crippen molar-refractivity contribution in [2.75, 3.05) is 13.2 Å².